The van der Waals surface area contributed by atoms with E-state index in [0.717, 1.165) is 11.8 Å². The van der Waals surface area contributed by atoms with Crippen LogP contribution in [0, 0.1) is 17.8 Å². The first-order chi connectivity index (χ1) is 7.59. The van der Waals surface area contributed by atoms with E-state index in [1.807, 2.05) is 7.11 Å². The van der Waals surface area contributed by atoms with Crippen LogP contribution in [0.2, 0.25) is 0 Å². The minimum Gasteiger partial charge on any atom is -0.377 e. The summed E-state index contributed by atoms with van der Waals surface area (Å²) in [5.41, 5.74) is 6.51. The molecule has 4 atom stereocenters. The van der Waals surface area contributed by atoms with Crippen LogP contribution in [0.5, 0.6) is 0 Å². The highest BCUT2D eigenvalue weighted by molar-refractivity contribution is 5.01. The molecule has 94 valence electrons. The van der Waals surface area contributed by atoms with Gasteiger partial charge < -0.3 is 10.5 Å². The molecule has 16 heavy (non-hydrogen) atoms. The van der Waals surface area contributed by atoms with Gasteiger partial charge in [0.25, 0.3) is 0 Å². The Hall–Kier alpha value is -0.0800. The predicted molar refractivity (Wildman–Crippen MR) is 67.2 cm³/mol. The molecule has 0 aromatic rings. The Bertz CT molecular complexity index is 231. The summed E-state index contributed by atoms with van der Waals surface area (Å²) in [6, 6.07) is 0.265. The maximum Gasteiger partial charge on any atom is 0.0831 e. The largest absolute Gasteiger partial charge is 0.377 e. The molecule has 2 heteroatoms. The van der Waals surface area contributed by atoms with Crippen molar-refractivity contribution in [2.45, 2.75) is 64.0 Å². The highest BCUT2D eigenvalue weighted by Crippen LogP contribution is 2.44. The van der Waals surface area contributed by atoms with Gasteiger partial charge in [0, 0.05) is 13.2 Å². The van der Waals surface area contributed by atoms with Gasteiger partial charge in [0.15, 0.2) is 0 Å². The lowest BCUT2D eigenvalue weighted by molar-refractivity contribution is -0.107. The number of nitrogens with two attached hydrogens (primary N) is 1. The van der Waals surface area contributed by atoms with Crippen molar-refractivity contribution in [2.24, 2.45) is 23.5 Å². The quantitative estimate of drug-likeness (QED) is 0.801. The van der Waals surface area contributed by atoms with Crippen LogP contribution in [0.4, 0.5) is 0 Å². The summed E-state index contributed by atoms with van der Waals surface area (Å²) >= 11 is 0. The highest BCUT2D eigenvalue weighted by atomic mass is 16.5. The number of ether oxygens (including phenoxy) is 1. The first-order valence-electron chi connectivity index (χ1n) is 6.90. The van der Waals surface area contributed by atoms with Crippen LogP contribution in [0.1, 0.15) is 52.4 Å². The molecule has 2 N–H and O–H groups in total. The van der Waals surface area contributed by atoms with Crippen LogP contribution in [-0.2, 0) is 4.74 Å². The summed E-state index contributed by atoms with van der Waals surface area (Å²) in [5, 5.41) is 0. The van der Waals surface area contributed by atoms with Crippen molar-refractivity contribution in [3.05, 3.63) is 0 Å². The molecule has 2 aliphatic rings. The Kier molecular flexibility index (Phi) is 3.60. The standard InChI is InChI=1S/C14H27NO/c1-10-5-6-12(9-11(10)2)13(15)14(16-3)7-4-8-14/h10-13H,4-9,15H2,1-3H3. The zero-order chi connectivity index (χ0) is 11.8. The summed E-state index contributed by atoms with van der Waals surface area (Å²) in [6.45, 7) is 4.76. The number of rotatable bonds is 3. The Labute approximate surface area is 99.9 Å². The lowest BCUT2D eigenvalue weighted by atomic mass is 9.65. The second kappa shape index (κ2) is 4.66. The van der Waals surface area contributed by atoms with Gasteiger partial charge in [-0.2, -0.15) is 0 Å². The van der Waals surface area contributed by atoms with Gasteiger partial charge in [-0.05, 0) is 49.9 Å². The van der Waals surface area contributed by atoms with Gasteiger partial charge in [-0.1, -0.05) is 20.3 Å². The van der Waals surface area contributed by atoms with E-state index in [2.05, 4.69) is 13.8 Å². The summed E-state index contributed by atoms with van der Waals surface area (Å²) < 4.78 is 5.73. The Morgan fingerprint density at radius 2 is 1.88 bits per heavy atom. The normalized spacial score (nSPS) is 40.1. The van der Waals surface area contributed by atoms with Crippen molar-refractivity contribution in [3.63, 3.8) is 0 Å². The van der Waals surface area contributed by atoms with Crippen LogP contribution < -0.4 is 5.73 Å². The van der Waals surface area contributed by atoms with E-state index in [-0.39, 0.29) is 11.6 Å². The molecule has 0 bridgehead atoms. The van der Waals surface area contributed by atoms with Gasteiger partial charge in [-0.15, -0.1) is 0 Å². The number of methoxy groups -OCH3 is 1. The third-order valence-electron chi connectivity index (χ3n) is 5.36. The van der Waals surface area contributed by atoms with Gasteiger partial charge in [-0.25, -0.2) is 0 Å². The summed E-state index contributed by atoms with van der Waals surface area (Å²) in [5.74, 6) is 2.40. The fraction of sp³-hybridized carbons (Fsp3) is 1.00. The minimum atomic E-state index is 0.0327. The van der Waals surface area contributed by atoms with E-state index in [1.54, 1.807) is 0 Å². The molecule has 0 saturated heterocycles. The lowest BCUT2D eigenvalue weighted by Crippen LogP contribution is -2.58. The molecule has 0 aromatic carbocycles. The Balaban J connectivity index is 1.97. The minimum absolute atomic E-state index is 0.0327. The third-order valence-corrected chi connectivity index (χ3v) is 5.36. The number of hydrogen-bond donors (Lipinski definition) is 1. The van der Waals surface area contributed by atoms with Crippen LogP contribution >= 0.6 is 0 Å². The summed E-state index contributed by atoms with van der Waals surface area (Å²) in [7, 11) is 1.84. The fourth-order valence-corrected chi connectivity index (χ4v) is 3.54. The zero-order valence-electron chi connectivity index (χ0n) is 11.0. The highest BCUT2D eigenvalue weighted by Gasteiger charge is 2.46. The van der Waals surface area contributed by atoms with Crippen molar-refractivity contribution < 1.29 is 4.74 Å². The SMILES string of the molecule is COC1(C(N)C2CCC(C)C(C)C2)CCC1. The monoisotopic (exact) mass is 225 g/mol. The molecule has 0 amide bonds. The topological polar surface area (TPSA) is 35.2 Å². The average Bonchev–Trinajstić information content (AvgIpc) is 2.21. The van der Waals surface area contributed by atoms with Crippen LogP contribution in [0.25, 0.3) is 0 Å². The van der Waals surface area contributed by atoms with Crippen molar-refractivity contribution in [1.29, 1.82) is 0 Å². The van der Waals surface area contributed by atoms with E-state index in [9.17, 15) is 0 Å². The molecule has 0 heterocycles. The van der Waals surface area contributed by atoms with E-state index in [0.29, 0.717) is 5.92 Å². The molecule has 0 radical (unpaired) electrons. The summed E-state index contributed by atoms with van der Waals surface area (Å²) in [6.07, 6.45) is 7.58. The van der Waals surface area contributed by atoms with E-state index < -0.39 is 0 Å². The van der Waals surface area contributed by atoms with Gasteiger partial charge in [0.05, 0.1) is 5.60 Å². The molecule has 0 aromatic heterocycles. The van der Waals surface area contributed by atoms with Crippen LogP contribution in [0.15, 0.2) is 0 Å². The van der Waals surface area contributed by atoms with Gasteiger partial charge in [0.2, 0.25) is 0 Å². The Morgan fingerprint density at radius 1 is 1.19 bits per heavy atom. The molecular formula is C14H27NO. The van der Waals surface area contributed by atoms with Crippen molar-refractivity contribution in [1.82, 2.24) is 0 Å². The third kappa shape index (κ3) is 2.02. The van der Waals surface area contributed by atoms with Crippen LogP contribution in [0.3, 0.4) is 0 Å². The van der Waals surface area contributed by atoms with Gasteiger partial charge in [0.1, 0.15) is 0 Å². The van der Waals surface area contributed by atoms with Crippen molar-refractivity contribution >= 4 is 0 Å². The molecule has 2 aliphatic carbocycles. The molecule has 4 unspecified atom stereocenters. The smallest absolute Gasteiger partial charge is 0.0831 e. The first-order valence-corrected chi connectivity index (χ1v) is 6.90. The predicted octanol–water partition coefficient (Wildman–Crippen LogP) is 2.96. The van der Waals surface area contributed by atoms with Crippen molar-refractivity contribution in [2.75, 3.05) is 7.11 Å². The maximum atomic E-state index is 6.48. The average molecular weight is 225 g/mol. The van der Waals surface area contributed by atoms with Gasteiger partial charge >= 0.3 is 0 Å². The molecule has 2 fully saturated rings. The zero-order valence-corrected chi connectivity index (χ0v) is 11.0. The van der Waals surface area contributed by atoms with Gasteiger partial charge in [-0.3, -0.25) is 0 Å². The van der Waals surface area contributed by atoms with Crippen molar-refractivity contribution in [3.8, 4) is 0 Å². The maximum absolute atomic E-state index is 6.48. The fourth-order valence-electron chi connectivity index (χ4n) is 3.54. The molecule has 2 rings (SSSR count). The molecule has 0 spiro atoms. The van der Waals surface area contributed by atoms with E-state index in [4.69, 9.17) is 10.5 Å². The first kappa shape index (κ1) is 12.4. The van der Waals surface area contributed by atoms with E-state index >= 15 is 0 Å². The number of hydrogen-bond acceptors (Lipinski definition) is 2. The second-order valence-electron chi connectivity index (χ2n) is 6.18. The summed E-state index contributed by atoms with van der Waals surface area (Å²) in [4.78, 5) is 0. The lowest BCUT2D eigenvalue weighted by Gasteiger charge is -2.49. The second-order valence-corrected chi connectivity index (χ2v) is 6.18. The molecule has 0 aliphatic heterocycles. The molecule has 2 nitrogen and oxygen atoms in total. The molecular weight excluding hydrogens is 198 g/mol. The van der Waals surface area contributed by atoms with E-state index in [1.165, 1.54) is 38.5 Å². The van der Waals surface area contributed by atoms with Crippen LogP contribution in [-0.4, -0.2) is 18.8 Å². The Morgan fingerprint density at radius 3 is 2.31 bits per heavy atom. The molecule has 2 saturated carbocycles.